The van der Waals surface area contributed by atoms with Gasteiger partial charge in [0.1, 0.15) is 0 Å². The Bertz CT molecular complexity index is 540. The van der Waals surface area contributed by atoms with E-state index in [-0.39, 0.29) is 23.7 Å². The Hall–Kier alpha value is -1.08. The van der Waals surface area contributed by atoms with Crippen molar-refractivity contribution in [1.82, 2.24) is 9.78 Å². The number of aliphatic hydroxyl groups is 1. The molecule has 2 rings (SSSR count). The molecule has 0 radical (unpaired) electrons. The fourth-order valence-corrected chi connectivity index (χ4v) is 3.22. The van der Waals surface area contributed by atoms with E-state index in [2.05, 4.69) is 5.10 Å². The highest BCUT2D eigenvalue weighted by atomic mass is 32.2. The molecule has 0 spiro atoms. The van der Waals surface area contributed by atoms with Gasteiger partial charge in [0.05, 0.1) is 17.2 Å². The van der Waals surface area contributed by atoms with Gasteiger partial charge in [-0.05, 0) is 12.8 Å². The molecule has 0 fully saturated rings. The predicted octanol–water partition coefficient (Wildman–Crippen LogP) is -0.970. The largest absolute Gasteiger partial charge is 0.396 e. The van der Waals surface area contributed by atoms with Gasteiger partial charge in [-0.2, -0.15) is 0 Å². The van der Waals surface area contributed by atoms with Crippen molar-refractivity contribution in [2.75, 3.05) is 12.4 Å². The molecular weight excluding hydrogens is 232 g/mol. The maximum Gasteiger partial charge on any atom is 0.269 e. The summed E-state index contributed by atoms with van der Waals surface area (Å²) < 4.78 is 24.1. The average molecular weight is 246 g/mol. The van der Waals surface area contributed by atoms with Crippen LogP contribution in [0, 0.1) is 0 Å². The first-order chi connectivity index (χ1) is 7.53. The molecule has 7 heteroatoms. The van der Waals surface area contributed by atoms with Gasteiger partial charge in [-0.15, -0.1) is 0 Å². The van der Waals surface area contributed by atoms with E-state index in [0.717, 1.165) is 0 Å². The van der Waals surface area contributed by atoms with E-state index >= 15 is 0 Å². The highest BCUT2D eigenvalue weighted by Gasteiger charge is 2.26. The number of aliphatic hydroxyl groups excluding tert-OH is 1. The quantitative estimate of drug-likeness (QED) is 0.717. The Morgan fingerprint density at radius 1 is 1.44 bits per heavy atom. The van der Waals surface area contributed by atoms with Crippen LogP contribution in [0.4, 0.5) is 0 Å². The van der Waals surface area contributed by atoms with Crippen LogP contribution < -0.4 is 5.56 Å². The smallest absolute Gasteiger partial charge is 0.269 e. The second-order valence-electron chi connectivity index (χ2n) is 3.94. The fraction of sp³-hybridized carbons (Fsp3) is 0.667. The minimum absolute atomic E-state index is 0.00836. The van der Waals surface area contributed by atoms with Gasteiger partial charge in [-0.25, -0.2) is 8.42 Å². The summed E-state index contributed by atoms with van der Waals surface area (Å²) in [5, 5.41) is 11.5. The Morgan fingerprint density at radius 2 is 2.19 bits per heavy atom. The number of sulfone groups is 1. The van der Waals surface area contributed by atoms with Gasteiger partial charge in [0.25, 0.3) is 5.56 Å². The molecule has 0 atom stereocenters. The van der Waals surface area contributed by atoms with Crippen LogP contribution >= 0.6 is 0 Å². The minimum atomic E-state index is -3.05. The van der Waals surface area contributed by atoms with Gasteiger partial charge in [-0.3, -0.25) is 14.6 Å². The lowest BCUT2D eigenvalue weighted by Crippen LogP contribution is -2.24. The molecule has 1 aromatic heterocycles. The van der Waals surface area contributed by atoms with E-state index in [9.17, 15) is 13.2 Å². The summed E-state index contributed by atoms with van der Waals surface area (Å²) in [6.07, 6.45) is 0.769. The summed E-state index contributed by atoms with van der Waals surface area (Å²) in [5.74, 6) is -0.0310. The van der Waals surface area contributed by atoms with Gasteiger partial charge in [0.2, 0.25) is 0 Å². The molecule has 0 saturated carbocycles. The lowest BCUT2D eigenvalue weighted by molar-refractivity contribution is 0.276. The van der Waals surface area contributed by atoms with E-state index in [1.807, 2.05) is 0 Å². The number of aryl methyl sites for hydroxylation is 1. The molecule has 90 valence electrons. The molecule has 16 heavy (non-hydrogen) atoms. The van der Waals surface area contributed by atoms with Gasteiger partial charge < -0.3 is 5.11 Å². The molecule has 0 saturated heterocycles. The van der Waals surface area contributed by atoms with Crippen LogP contribution in [0.15, 0.2) is 4.79 Å². The number of nitrogens with one attached hydrogen (secondary N) is 1. The van der Waals surface area contributed by atoms with Crippen LogP contribution in [-0.4, -0.2) is 35.7 Å². The van der Waals surface area contributed by atoms with Crippen LogP contribution in [0.2, 0.25) is 0 Å². The molecule has 2 heterocycles. The summed E-state index contributed by atoms with van der Waals surface area (Å²) in [6.45, 7) is 0.400. The van der Waals surface area contributed by atoms with Crippen molar-refractivity contribution in [3.8, 4) is 0 Å². The van der Waals surface area contributed by atoms with Crippen molar-refractivity contribution in [2.24, 2.45) is 0 Å². The molecule has 6 nitrogen and oxygen atoms in total. The number of aromatic nitrogens is 2. The second kappa shape index (κ2) is 4.06. The lowest BCUT2D eigenvalue weighted by atomic mass is 10.2. The van der Waals surface area contributed by atoms with Crippen LogP contribution in [0.3, 0.4) is 0 Å². The lowest BCUT2D eigenvalue weighted by Gasteiger charge is -2.09. The third-order valence-electron chi connectivity index (χ3n) is 2.70. The van der Waals surface area contributed by atoms with Crippen molar-refractivity contribution >= 4 is 9.84 Å². The maximum atomic E-state index is 11.8. The number of H-pyrrole nitrogens is 1. The molecule has 0 aromatic carbocycles. The minimum Gasteiger partial charge on any atom is -0.396 e. The van der Waals surface area contributed by atoms with Crippen molar-refractivity contribution in [3.05, 3.63) is 21.6 Å². The molecule has 0 aliphatic carbocycles. The molecule has 1 aromatic rings. The van der Waals surface area contributed by atoms with Crippen LogP contribution in [0.1, 0.15) is 17.7 Å². The first kappa shape index (κ1) is 11.4. The van der Waals surface area contributed by atoms with E-state index in [1.54, 1.807) is 0 Å². The SMILES string of the molecule is O=c1c2c([nH]n1CCCO)CS(=O)(=O)CC2. The van der Waals surface area contributed by atoms with Crippen molar-refractivity contribution in [2.45, 2.75) is 25.1 Å². The Morgan fingerprint density at radius 3 is 2.88 bits per heavy atom. The van der Waals surface area contributed by atoms with E-state index in [4.69, 9.17) is 5.11 Å². The first-order valence-corrected chi connectivity index (χ1v) is 6.97. The monoisotopic (exact) mass is 246 g/mol. The predicted molar refractivity (Wildman–Crippen MR) is 58.0 cm³/mol. The zero-order valence-corrected chi connectivity index (χ0v) is 9.59. The van der Waals surface area contributed by atoms with Gasteiger partial charge in [0, 0.05) is 18.7 Å². The molecule has 0 bridgehead atoms. The normalized spacial score (nSPS) is 18.3. The standard InChI is InChI=1S/C9H14N2O4S/c12-4-1-3-11-9(13)7-2-5-16(14,15)6-8(7)10-11/h10,12H,1-6H2. The molecular formula is C9H14N2O4S. The number of nitrogens with zero attached hydrogens (tertiary/aromatic N) is 1. The van der Waals surface area contributed by atoms with Crippen LogP contribution in [0.5, 0.6) is 0 Å². The first-order valence-electron chi connectivity index (χ1n) is 5.15. The highest BCUT2D eigenvalue weighted by molar-refractivity contribution is 7.90. The third kappa shape index (κ3) is 2.05. The summed E-state index contributed by atoms with van der Waals surface area (Å²) in [7, 11) is -3.05. The topological polar surface area (TPSA) is 92.2 Å². The summed E-state index contributed by atoms with van der Waals surface area (Å²) in [4.78, 5) is 11.8. The Labute approximate surface area is 92.8 Å². The van der Waals surface area contributed by atoms with Gasteiger partial charge >= 0.3 is 0 Å². The summed E-state index contributed by atoms with van der Waals surface area (Å²) in [6, 6.07) is 0. The molecule has 0 amide bonds. The number of rotatable bonds is 3. The summed E-state index contributed by atoms with van der Waals surface area (Å²) in [5.41, 5.74) is 0.931. The third-order valence-corrected chi connectivity index (χ3v) is 4.26. The second-order valence-corrected chi connectivity index (χ2v) is 6.13. The average Bonchev–Trinajstić information content (AvgIpc) is 2.50. The molecule has 1 aliphatic rings. The Balaban J connectivity index is 2.34. The van der Waals surface area contributed by atoms with E-state index < -0.39 is 9.84 Å². The van der Waals surface area contributed by atoms with Crippen LogP contribution in [0.25, 0.3) is 0 Å². The van der Waals surface area contributed by atoms with Crippen molar-refractivity contribution in [3.63, 3.8) is 0 Å². The zero-order valence-electron chi connectivity index (χ0n) is 8.77. The van der Waals surface area contributed by atoms with Gasteiger partial charge in [0.15, 0.2) is 9.84 Å². The molecule has 2 N–H and O–H groups in total. The van der Waals surface area contributed by atoms with Crippen molar-refractivity contribution in [1.29, 1.82) is 0 Å². The molecule has 1 aliphatic heterocycles. The highest BCUT2D eigenvalue weighted by Crippen LogP contribution is 2.15. The maximum absolute atomic E-state index is 11.8. The Kier molecular flexibility index (Phi) is 2.90. The number of hydrogen-bond donors (Lipinski definition) is 2. The van der Waals surface area contributed by atoms with Crippen LogP contribution in [-0.2, 0) is 28.6 Å². The van der Waals surface area contributed by atoms with E-state index in [1.165, 1.54) is 4.68 Å². The van der Waals surface area contributed by atoms with Crippen molar-refractivity contribution < 1.29 is 13.5 Å². The van der Waals surface area contributed by atoms with Gasteiger partial charge in [-0.1, -0.05) is 0 Å². The number of aromatic amines is 1. The van der Waals surface area contributed by atoms with E-state index in [0.29, 0.717) is 30.6 Å². The molecule has 0 unspecified atom stereocenters. The number of fused-ring (bicyclic) bond motifs is 1. The summed E-state index contributed by atoms with van der Waals surface area (Å²) >= 11 is 0. The fourth-order valence-electron chi connectivity index (χ4n) is 1.89. The zero-order chi connectivity index (χ0) is 11.8. The number of hydrogen-bond acceptors (Lipinski definition) is 4.